The van der Waals surface area contributed by atoms with Crippen molar-refractivity contribution in [2.45, 2.75) is 12.5 Å². The average Bonchev–Trinajstić information content (AvgIpc) is 2.47. The number of benzene rings is 1. The van der Waals surface area contributed by atoms with E-state index in [-0.39, 0.29) is 18.8 Å². The van der Waals surface area contributed by atoms with Gasteiger partial charge in [0.15, 0.2) is 0 Å². The second kappa shape index (κ2) is 7.72. The molecule has 0 saturated heterocycles. The third kappa shape index (κ3) is 4.67. The molecule has 0 aromatic heterocycles. The number of anilines is 1. The smallest absolute Gasteiger partial charge is 0.326 e. The Morgan fingerprint density at radius 1 is 1.48 bits per heavy atom. The van der Waals surface area contributed by atoms with Crippen LogP contribution in [0.5, 0.6) is 5.75 Å². The number of nitrogens with one attached hydrogen (secondary N) is 2. The molecule has 21 heavy (non-hydrogen) atoms. The predicted molar refractivity (Wildman–Crippen MR) is 73.0 cm³/mol. The highest BCUT2D eigenvalue weighted by molar-refractivity contribution is 5.93. The van der Waals surface area contributed by atoms with Crippen LogP contribution >= 0.6 is 0 Å². The van der Waals surface area contributed by atoms with E-state index < -0.39 is 18.0 Å². The van der Waals surface area contributed by atoms with E-state index in [2.05, 4.69) is 10.6 Å². The zero-order chi connectivity index (χ0) is 15.8. The zero-order valence-corrected chi connectivity index (χ0v) is 11.3. The largest absolute Gasteiger partial charge is 0.495 e. The number of carbonyl (C=O) groups excluding carboxylic acids is 1. The number of ether oxygens (including phenoxy) is 1. The molecule has 112 valence electrons. The topological polar surface area (TPSA) is 132 Å². The molecule has 8 heteroatoms. The Balaban J connectivity index is 2.79. The van der Waals surface area contributed by atoms with Crippen molar-refractivity contribution in [3.63, 3.8) is 0 Å². The summed E-state index contributed by atoms with van der Waals surface area (Å²) in [6, 6.07) is 4.39. The second-order valence-corrected chi connectivity index (χ2v) is 4.03. The minimum atomic E-state index is -1.24. The van der Waals surface area contributed by atoms with E-state index in [0.717, 1.165) is 0 Å². The summed E-state index contributed by atoms with van der Waals surface area (Å²) in [6.45, 7) is -0.364. The number of aliphatic hydroxyl groups is 1. The molecular weight excluding hydrogens is 278 g/mol. The quantitative estimate of drug-likeness (QED) is 0.604. The van der Waals surface area contributed by atoms with Crippen LogP contribution < -0.4 is 15.4 Å². The van der Waals surface area contributed by atoms with Crippen LogP contribution in [0.2, 0.25) is 0 Å². The Morgan fingerprint density at radius 2 is 2.19 bits per heavy atom. The van der Waals surface area contributed by atoms with Gasteiger partial charge in [-0.05, 0) is 12.1 Å². The number of hydrogen-bond acceptors (Lipinski definition) is 5. The van der Waals surface area contributed by atoms with Gasteiger partial charge >= 0.3 is 12.0 Å². The summed E-state index contributed by atoms with van der Waals surface area (Å²) in [5, 5.41) is 31.0. The van der Waals surface area contributed by atoms with Crippen molar-refractivity contribution >= 4 is 17.7 Å². The average molecular weight is 293 g/mol. The van der Waals surface area contributed by atoms with Crippen LogP contribution in [0, 0.1) is 11.3 Å². The molecule has 0 aliphatic carbocycles. The lowest BCUT2D eigenvalue weighted by molar-refractivity contribution is -0.139. The number of rotatable bonds is 6. The van der Waals surface area contributed by atoms with E-state index in [1.165, 1.54) is 25.3 Å². The fourth-order valence-corrected chi connectivity index (χ4v) is 1.57. The summed E-state index contributed by atoms with van der Waals surface area (Å²) in [6.07, 6.45) is -0.104. The molecule has 0 aliphatic rings. The number of carboxylic acids is 1. The van der Waals surface area contributed by atoms with Crippen LogP contribution in [-0.2, 0) is 4.79 Å². The van der Waals surface area contributed by atoms with E-state index in [0.29, 0.717) is 11.3 Å². The number of nitrogens with zero attached hydrogens (tertiary/aromatic N) is 1. The molecule has 0 fully saturated rings. The third-order valence-corrected chi connectivity index (χ3v) is 2.60. The highest BCUT2D eigenvalue weighted by atomic mass is 16.5. The summed E-state index contributed by atoms with van der Waals surface area (Å²) in [7, 11) is 1.38. The molecule has 1 aromatic rings. The normalized spacial score (nSPS) is 11.1. The fraction of sp³-hybridized carbons (Fsp3) is 0.308. The molecule has 0 aliphatic heterocycles. The number of methoxy groups -OCH3 is 1. The van der Waals surface area contributed by atoms with Gasteiger partial charge in [-0.3, -0.25) is 0 Å². The van der Waals surface area contributed by atoms with Crippen LogP contribution in [0.25, 0.3) is 0 Å². The van der Waals surface area contributed by atoms with Crippen LogP contribution in [-0.4, -0.2) is 42.0 Å². The first-order chi connectivity index (χ1) is 10.0. The van der Waals surface area contributed by atoms with Crippen LogP contribution in [0.15, 0.2) is 18.2 Å². The van der Waals surface area contributed by atoms with E-state index >= 15 is 0 Å². The highest BCUT2D eigenvalue weighted by Gasteiger charge is 2.19. The second-order valence-electron chi connectivity index (χ2n) is 4.03. The summed E-state index contributed by atoms with van der Waals surface area (Å²) >= 11 is 0. The Labute approximate surface area is 121 Å². The van der Waals surface area contributed by atoms with Gasteiger partial charge < -0.3 is 25.6 Å². The third-order valence-electron chi connectivity index (χ3n) is 2.60. The van der Waals surface area contributed by atoms with Gasteiger partial charge in [0.1, 0.15) is 11.8 Å². The molecule has 1 aromatic carbocycles. The Morgan fingerprint density at radius 3 is 2.71 bits per heavy atom. The van der Waals surface area contributed by atoms with Crippen LogP contribution in [0.1, 0.15) is 12.0 Å². The van der Waals surface area contributed by atoms with Gasteiger partial charge in [-0.1, -0.05) is 0 Å². The first kappa shape index (κ1) is 16.3. The lowest BCUT2D eigenvalue weighted by Crippen LogP contribution is -2.43. The number of amides is 2. The SMILES string of the molecule is COc1cc(C#N)ccc1NC(=O)NC(CCO)C(=O)O. The number of aliphatic hydroxyl groups excluding tert-OH is 1. The van der Waals surface area contributed by atoms with Gasteiger partial charge in [0.25, 0.3) is 0 Å². The summed E-state index contributed by atoms with van der Waals surface area (Å²) in [5.74, 6) is -0.968. The maximum atomic E-state index is 11.7. The fourth-order valence-electron chi connectivity index (χ4n) is 1.57. The highest BCUT2D eigenvalue weighted by Crippen LogP contribution is 2.25. The van der Waals surface area contributed by atoms with Crippen molar-refractivity contribution in [2.24, 2.45) is 0 Å². The lowest BCUT2D eigenvalue weighted by atomic mass is 10.2. The number of aliphatic carboxylic acids is 1. The standard InChI is InChI=1S/C13H15N3O5/c1-21-11-6-8(7-14)2-3-9(11)15-13(20)16-10(4-5-17)12(18)19/h2-3,6,10,17H,4-5H2,1H3,(H,18,19)(H2,15,16,20). The van der Waals surface area contributed by atoms with E-state index in [9.17, 15) is 9.59 Å². The van der Waals surface area contributed by atoms with Crippen LogP contribution in [0.3, 0.4) is 0 Å². The van der Waals surface area contributed by atoms with E-state index in [4.69, 9.17) is 20.2 Å². The minimum Gasteiger partial charge on any atom is -0.495 e. The number of nitriles is 1. The van der Waals surface area contributed by atoms with Crippen LogP contribution in [0.4, 0.5) is 10.5 Å². The molecular formula is C13H15N3O5. The molecule has 0 saturated carbocycles. The van der Waals surface area contributed by atoms with Gasteiger partial charge in [-0.2, -0.15) is 5.26 Å². The molecule has 1 atom stereocenters. The number of urea groups is 1. The maximum Gasteiger partial charge on any atom is 0.326 e. The van der Waals surface area contributed by atoms with Crippen molar-refractivity contribution in [2.75, 3.05) is 19.0 Å². The summed E-state index contributed by atoms with van der Waals surface area (Å²) in [5.41, 5.74) is 0.656. The molecule has 0 spiro atoms. The Bertz CT molecular complexity index is 567. The lowest BCUT2D eigenvalue weighted by Gasteiger charge is -2.15. The molecule has 8 nitrogen and oxygen atoms in total. The molecule has 0 bridgehead atoms. The Hall–Kier alpha value is -2.79. The van der Waals surface area contributed by atoms with Crippen molar-refractivity contribution in [1.82, 2.24) is 5.32 Å². The Kier molecular flexibility index (Phi) is 5.98. The van der Waals surface area contributed by atoms with Gasteiger partial charge in [0.05, 0.1) is 24.4 Å². The van der Waals surface area contributed by atoms with E-state index in [1.807, 2.05) is 6.07 Å². The first-order valence-corrected chi connectivity index (χ1v) is 6.01. The van der Waals surface area contributed by atoms with Crippen molar-refractivity contribution in [3.05, 3.63) is 23.8 Å². The summed E-state index contributed by atoms with van der Waals surface area (Å²) < 4.78 is 5.04. The minimum absolute atomic E-state index is 0.104. The monoisotopic (exact) mass is 293 g/mol. The zero-order valence-electron chi connectivity index (χ0n) is 11.3. The molecule has 2 amide bonds. The molecule has 4 N–H and O–H groups in total. The first-order valence-electron chi connectivity index (χ1n) is 6.01. The van der Waals surface area contributed by atoms with Crippen molar-refractivity contribution in [3.8, 4) is 11.8 Å². The summed E-state index contributed by atoms with van der Waals surface area (Å²) in [4.78, 5) is 22.6. The number of carboxylic acid groups (broad SMARTS) is 1. The number of hydrogen-bond donors (Lipinski definition) is 4. The van der Waals surface area contributed by atoms with Gasteiger partial charge in [-0.15, -0.1) is 0 Å². The van der Waals surface area contributed by atoms with Gasteiger partial charge in [0, 0.05) is 19.1 Å². The van der Waals surface area contributed by atoms with E-state index in [1.54, 1.807) is 0 Å². The molecule has 0 heterocycles. The molecule has 0 radical (unpaired) electrons. The molecule has 1 rings (SSSR count). The molecule has 1 unspecified atom stereocenters. The van der Waals surface area contributed by atoms with Gasteiger partial charge in [-0.25, -0.2) is 9.59 Å². The predicted octanol–water partition coefficient (Wildman–Crippen LogP) is 0.524. The van der Waals surface area contributed by atoms with Gasteiger partial charge in [0.2, 0.25) is 0 Å². The van der Waals surface area contributed by atoms with Crippen molar-refractivity contribution in [1.29, 1.82) is 5.26 Å². The maximum absolute atomic E-state index is 11.7. The van der Waals surface area contributed by atoms with Crippen molar-refractivity contribution < 1.29 is 24.5 Å². The number of carbonyl (C=O) groups is 2.